The molecule has 0 unspecified atom stereocenters. The summed E-state index contributed by atoms with van der Waals surface area (Å²) in [5.74, 6) is 1.56. The van der Waals surface area contributed by atoms with Gasteiger partial charge in [-0.25, -0.2) is 4.79 Å². The van der Waals surface area contributed by atoms with E-state index < -0.39 is 0 Å². The minimum absolute atomic E-state index is 0.176. The van der Waals surface area contributed by atoms with Crippen molar-refractivity contribution in [1.29, 1.82) is 0 Å². The molecule has 1 atom stereocenters. The number of urea groups is 1. The fourth-order valence-electron chi connectivity index (χ4n) is 2.32. The first-order valence-corrected chi connectivity index (χ1v) is 8.54. The molecule has 0 saturated heterocycles. The molecule has 0 bridgehead atoms. The number of anilines is 1. The molecule has 2 aromatic rings. The Hall–Kier alpha value is -2.37. The lowest BCUT2D eigenvalue weighted by atomic mass is 9.99. The van der Waals surface area contributed by atoms with Gasteiger partial charge in [-0.05, 0) is 37.0 Å². The van der Waals surface area contributed by atoms with Gasteiger partial charge in [-0.15, -0.1) is 10.2 Å². The third-order valence-corrected chi connectivity index (χ3v) is 4.15. The molecule has 6 heteroatoms. The number of hydrogen-bond donors (Lipinski definition) is 1. The molecule has 0 spiro atoms. The van der Waals surface area contributed by atoms with Crippen molar-refractivity contribution in [2.24, 2.45) is 0 Å². The molecule has 0 aliphatic rings. The molecule has 2 rings (SSSR count). The number of carbonyl (C=O) groups excluding carboxylic acids is 1. The van der Waals surface area contributed by atoms with Gasteiger partial charge in [-0.3, -0.25) is 0 Å². The van der Waals surface area contributed by atoms with Gasteiger partial charge in [0.2, 0.25) is 11.8 Å². The van der Waals surface area contributed by atoms with E-state index in [4.69, 9.17) is 4.42 Å². The van der Waals surface area contributed by atoms with Gasteiger partial charge in [-0.1, -0.05) is 32.9 Å². The smallest absolute Gasteiger partial charge is 0.322 e. The summed E-state index contributed by atoms with van der Waals surface area (Å²) in [4.78, 5) is 14.1. The second-order valence-corrected chi connectivity index (χ2v) is 5.82. The monoisotopic (exact) mass is 330 g/mol. The third-order valence-electron chi connectivity index (χ3n) is 4.15. The Labute approximate surface area is 143 Å². The zero-order valence-electron chi connectivity index (χ0n) is 14.9. The van der Waals surface area contributed by atoms with Crippen molar-refractivity contribution < 1.29 is 9.21 Å². The lowest BCUT2D eigenvalue weighted by Gasteiger charge is -2.19. The van der Waals surface area contributed by atoms with Crippen LogP contribution in [0.2, 0.25) is 0 Å². The first-order chi connectivity index (χ1) is 11.6. The highest BCUT2D eigenvalue weighted by atomic mass is 16.4. The van der Waals surface area contributed by atoms with Crippen molar-refractivity contribution in [3.8, 4) is 0 Å². The quantitative estimate of drug-likeness (QED) is 0.826. The standard InChI is InChI=1S/C18H26N4O2/c1-5-13(4)14-8-10-15(11-9-14)19-18(23)22(7-3)12-17-21-20-16(6-2)24-17/h8-11,13H,5-7,12H2,1-4H3,(H,19,23)/t13-/m0/s1. The molecule has 0 fully saturated rings. The van der Waals surface area contributed by atoms with E-state index in [1.165, 1.54) is 5.56 Å². The van der Waals surface area contributed by atoms with Gasteiger partial charge in [0, 0.05) is 18.7 Å². The summed E-state index contributed by atoms with van der Waals surface area (Å²) in [6, 6.07) is 7.83. The summed E-state index contributed by atoms with van der Waals surface area (Å²) < 4.78 is 5.48. The maximum atomic E-state index is 12.4. The average molecular weight is 330 g/mol. The fraction of sp³-hybridized carbons (Fsp3) is 0.500. The first kappa shape index (κ1) is 18.0. The topological polar surface area (TPSA) is 71.3 Å². The van der Waals surface area contributed by atoms with Crippen molar-refractivity contribution in [3.05, 3.63) is 41.6 Å². The number of rotatable bonds is 7. The van der Waals surface area contributed by atoms with Crippen LogP contribution in [0.15, 0.2) is 28.7 Å². The van der Waals surface area contributed by atoms with Gasteiger partial charge in [0.25, 0.3) is 0 Å². The van der Waals surface area contributed by atoms with E-state index in [9.17, 15) is 4.79 Å². The summed E-state index contributed by atoms with van der Waals surface area (Å²) in [5.41, 5.74) is 2.06. The number of hydrogen-bond acceptors (Lipinski definition) is 4. The van der Waals surface area contributed by atoms with E-state index in [-0.39, 0.29) is 6.03 Å². The van der Waals surface area contributed by atoms with Gasteiger partial charge < -0.3 is 14.6 Å². The Bertz CT molecular complexity index is 651. The summed E-state index contributed by atoms with van der Waals surface area (Å²) in [5, 5.41) is 10.8. The van der Waals surface area contributed by atoms with Crippen LogP contribution in [0.3, 0.4) is 0 Å². The van der Waals surface area contributed by atoms with Crippen LogP contribution in [-0.2, 0) is 13.0 Å². The van der Waals surface area contributed by atoms with Gasteiger partial charge in [0.05, 0.1) is 0 Å². The first-order valence-electron chi connectivity index (χ1n) is 8.54. The van der Waals surface area contributed by atoms with Crippen LogP contribution >= 0.6 is 0 Å². The fourth-order valence-corrected chi connectivity index (χ4v) is 2.32. The van der Waals surface area contributed by atoms with E-state index in [0.717, 1.165) is 12.1 Å². The highest BCUT2D eigenvalue weighted by Crippen LogP contribution is 2.20. The van der Waals surface area contributed by atoms with Crippen LogP contribution in [0.1, 0.15) is 57.4 Å². The van der Waals surface area contributed by atoms with Gasteiger partial charge >= 0.3 is 6.03 Å². The molecule has 1 heterocycles. The predicted molar refractivity (Wildman–Crippen MR) is 93.9 cm³/mol. The number of nitrogens with one attached hydrogen (secondary N) is 1. The maximum absolute atomic E-state index is 12.4. The van der Waals surface area contributed by atoms with Crippen LogP contribution in [0.25, 0.3) is 0 Å². The third kappa shape index (κ3) is 4.57. The molecule has 1 N–H and O–H groups in total. The second kappa shape index (κ2) is 8.47. The largest absolute Gasteiger partial charge is 0.423 e. The molecular formula is C18H26N4O2. The van der Waals surface area contributed by atoms with Crippen LogP contribution in [0.5, 0.6) is 0 Å². The van der Waals surface area contributed by atoms with Crippen molar-refractivity contribution >= 4 is 11.7 Å². The highest BCUT2D eigenvalue weighted by molar-refractivity contribution is 5.89. The summed E-state index contributed by atoms with van der Waals surface area (Å²) in [7, 11) is 0. The lowest BCUT2D eigenvalue weighted by Crippen LogP contribution is -2.34. The molecule has 130 valence electrons. The number of aryl methyl sites for hydroxylation is 1. The molecule has 2 amide bonds. The zero-order chi connectivity index (χ0) is 17.5. The van der Waals surface area contributed by atoms with E-state index in [1.54, 1.807) is 4.90 Å². The Morgan fingerprint density at radius 1 is 1.17 bits per heavy atom. The molecule has 1 aromatic heterocycles. The van der Waals surface area contributed by atoms with Crippen LogP contribution in [-0.4, -0.2) is 27.7 Å². The highest BCUT2D eigenvalue weighted by Gasteiger charge is 2.16. The average Bonchev–Trinajstić information content (AvgIpc) is 3.07. The molecule has 24 heavy (non-hydrogen) atoms. The molecule has 0 radical (unpaired) electrons. The summed E-state index contributed by atoms with van der Waals surface area (Å²) in [6.07, 6.45) is 1.78. The van der Waals surface area contributed by atoms with Crippen molar-refractivity contribution in [1.82, 2.24) is 15.1 Å². The lowest BCUT2D eigenvalue weighted by molar-refractivity contribution is 0.205. The summed E-state index contributed by atoms with van der Waals surface area (Å²) >= 11 is 0. The number of benzene rings is 1. The Morgan fingerprint density at radius 2 is 1.83 bits per heavy atom. The predicted octanol–water partition coefficient (Wildman–Crippen LogP) is 4.20. The summed E-state index contributed by atoms with van der Waals surface area (Å²) in [6.45, 7) is 9.09. The molecular weight excluding hydrogens is 304 g/mol. The van der Waals surface area contributed by atoms with E-state index >= 15 is 0 Å². The van der Waals surface area contributed by atoms with Crippen LogP contribution < -0.4 is 5.32 Å². The Morgan fingerprint density at radius 3 is 2.38 bits per heavy atom. The molecule has 6 nitrogen and oxygen atoms in total. The van der Waals surface area contributed by atoms with E-state index in [1.807, 2.05) is 26.0 Å². The number of carbonyl (C=O) groups is 1. The molecule has 0 saturated carbocycles. The number of amides is 2. The van der Waals surface area contributed by atoms with Gasteiger partial charge in [0.1, 0.15) is 6.54 Å². The normalized spacial score (nSPS) is 12.0. The molecule has 0 aliphatic carbocycles. The number of nitrogens with zero attached hydrogens (tertiary/aromatic N) is 3. The molecule has 0 aliphatic heterocycles. The van der Waals surface area contributed by atoms with Crippen LogP contribution in [0, 0.1) is 0 Å². The molecule has 1 aromatic carbocycles. The van der Waals surface area contributed by atoms with Crippen molar-refractivity contribution in [2.45, 2.75) is 53.0 Å². The zero-order valence-corrected chi connectivity index (χ0v) is 14.9. The Kier molecular flexibility index (Phi) is 6.35. The minimum atomic E-state index is -0.176. The second-order valence-electron chi connectivity index (χ2n) is 5.82. The minimum Gasteiger partial charge on any atom is -0.423 e. The van der Waals surface area contributed by atoms with E-state index in [2.05, 4.69) is 41.5 Å². The van der Waals surface area contributed by atoms with E-state index in [0.29, 0.717) is 37.2 Å². The SMILES string of the molecule is CCc1nnc(CN(CC)C(=O)Nc2ccc([C@@H](C)CC)cc2)o1. The maximum Gasteiger partial charge on any atom is 0.322 e. The van der Waals surface area contributed by atoms with Crippen molar-refractivity contribution in [3.63, 3.8) is 0 Å². The van der Waals surface area contributed by atoms with Gasteiger partial charge in [0.15, 0.2) is 0 Å². The van der Waals surface area contributed by atoms with Crippen LogP contribution in [0.4, 0.5) is 10.5 Å². The number of aromatic nitrogens is 2. The Balaban J connectivity index is 1.98. The van der Waals surface area contributed by atoms with Crippen molar-refractivity contribution in [2.75, 3.05) is 11.9 Å². The van der Waals surface area contributed by atoms with Gasteiger partial charge in [-0.2, -0.15) is 0 Å².